The number of hydrogen-bond donors (Lipinski definition) is 1. The van der Waals surface area contributed by atoms with Crippen LogP contribution in [0.4, 0.5) is 17.3 Å². The molecule has 2 aliphatic heterocycles. The van der Waals surface area contributed by atoms with Crippen molar-refractivity contribution < 1.29 is 4.74 Å². The van der Waals surface area contributed by atoms with Crippen LogP contribution in [0.15, 0.2) is 54.9 Å². The molecule has 238 valence electrons. The molecule has 0 unspecified atom stereocenters. The van der Waals surface area contributed by atoms with E-state index >= 15 is 0 Å². The highest BCUT2D eigenvalue weighted by atomic mass is 35.5. The number of benzene rings is 2. The van der Waals surface area contributed by atoms with Crippen LogP contribution in [-0.2, 0) is 0 Å². The molecule has 0 spiro atoms. The SMILES string of the molecule is CCSn1cc(-c2nc(Nc3ccc(N4CCC(N5CCN(C)CC5)CC4)c(OC4CCCC4)c3)ncc2Cl)c2ccccc21. The summed E-state index contributed by atoms with van der Waals surface area (Å²) in [6.07, 6.45) is 11.2. The molecule has 2 saturated heterocycles. The molecule has 2 aromatic heterocycles. The second-order valence-corrected chi connectivity index (χ2v) is 14.2. The number of para-hydroxylation sites is 1. The molecule has 10 heteroatoms. The van der Waals surface area contributed by atoms with Crippen molar-refractivity contribution in [2.75, 3.05) is 62.3 Å². The lowest BCUT2D eigenvalue weighted by molar-refractivity contribution is 0.0980. The third-order valence-electron chi connectivity index (χ3n) is 9.62. The lowest BCUT2D eigenvalue weighted by Crippen LogP contribution is -2.52. The summed E-state index contributed by atoms with van der Waals surface area (Å²) in [4.78, 5) is 17.2. The summed E-state index contributed by atoms with van der Waals surface area (Å²) < 4.78 is 8.92. The number of fused-ring (bicyclic) bond motifs is 1. The molecule has 0 bridgehead atoms. The van der Waals surface area contributed by atoms with Crippen molar-refractivity contribution >= 4 is 51.8 Å². The van der Waals surface area contributed by atoms with Crippen LogP contribution in [0.5, 0.6) is 5.75 Å². The Hall–Kier alpha value is -2.98. The molecule has 1 saturated carbocycles. The number of rotatable bonds is 9. The Bertz CT molecular complexity index is 1610. The first-order valence-electron chi connectivity index (χ1n) is 16.6. The maximum absolute atomic E-state index is 6.71. The van der Waals surface area contributed by atoms with Crippen LogP contribution in [0.3, 0.4) is 0 Å². The summed E-state index contributed by atoms with van der Waals surface area (Å²) in [5, 5.41) is 5.12. The van der Waals surface area contributed by atoms with Crippen LogP contribution in [-0.4, -0.2) is 88.0 Å². The Morgan fingerprint density at radius 2 is 1.76 bits per heavy atom. The van der Waals surface area contributed by atoms with Gasteiger partial charge in [0.2, 0.25) is 5.95 Å². The summed E-state index contributed by atoms with van der Waals surface area (Å²) in [5.41, 5.74) is 4.99. The molecule has 0 radical (unpaired) electrons. The van der Waals surface area contributed by atoms with E-state index in [4.69, 9.17) is 21.3 Å². The van der Waals surface area contributed by atoms with E-state index in [9.17, 15) is 0 Å². The Morgan fingerprint density at radius 3 is 2.53 bits per heavy atom. The normalized spacial score (nSPS) is 19.0. The fraction of sp³-hybridized carbons (Fsp3) is 0.486. The van der Waals surface area contributed by atoms with Gasteiger partial charge in [-0.25, -0.2) is 9.97 Å². The maximum Gasteiger partial charge on any atom is 0.227 e. The van der Waals surface area contributed by atoms with Crippen LogP contribution in [0.2, 0.25) is 5.02 Å². The number of ether oxygens (including phenoxy) is 1. The first-order valence-corrected chi connectivity index (χ1v) is 17.9. The van der Waals surface area contributed by atoms with E-state index in [2.05, 4.69) is 91.6 Å². The van der Waals surface area contributed by atoms with Crippen LogP contribution < -0.4 is 15.0 Å². The van der Waals surface area contributed by atoms with Gasteiger partial charge in [0, 0.05) is 80.0 Å². The van der Waals surface area contributed by atoms with E-state index in [1.54, 1.807) is 18.1 Å². The molecule has 3 aliphatic rings. The third-order valence-corrected chi connectivity index (χ3v) is 10.7. The van der Waals surface area contributed by atoms with Crippen LogP contribution in [0.1, 0.15) is 45.4 Å². The van der Waals surface area contributed by atoms with E-state index in [0.717, 1.165) is 65.3 Å². The van der Waals surface area contributed by atoms with Crippen molar-refractivity contribution in [3.63, 3.8) is 0 Å². The van der Waals surface area contributed by atoms with E-state index in [1.165, 1.54) is 57.5 Å². The molecule has 1 N–H and O–H groups in total. The van der Waals surface area contributed by atoms with Gasteiger partial charge in [0.15, 0.2) is 0 Å². The average Bonchev–Trinajstić information content (AvgIpc) is 3.71. The highest BCUT2D eigenvalue weighted by Gasteiger charge is 2.29. The molecular weight excluding hydrogens is 602 g/mol. The number of aromatic nitrogens is 3. The number of hydrogen-bond acceptors (Lipinski definition) is 8. The zero-order valence-electron chi connectivity index (χ0n) is 26.4. The van der Waals surface area contributed by atoms with Crippen LogP contribution >= 0.6 is 23.5 Å². The molecule has 7 rings (SSSR count). The van der Waals surface area contributed by atoms with E-state index < -0.39 is 0 Å². The van der Waals surface area contributed by atoms with Crippen molar-refractivity contribution in [3.05, 3.63) is 59.9 Å². The van der Waals surface area contributed by atoms with Gasteiger partial charge in [-0.2, -0.15) is 0 Å². The van der Waals surface area contributed by atoms with Gasteiger partial charge >= 0.3 is 0 Å². The molecule has 3 fully saturated rings. The van der Waals surface area contributed by atoms with Crippen molar-refractivity contribution in [1.82, 2.24) is 23.7 Å². The fourth-order valence-corrected chi connectivity index (χ4v) is 8.07. The molecule has 4 heterocycles. The number of nitrogens with zero attached hydrogens (tertiary/aromatic N) is 6. The largest absolute Gasteiger partial charge is 0.488 e. The second kappa shape index (κ2) is 13.8. The molecule has 4 aromatic rings. The van der Waals surface area contributed by atoms with Crippen molar-refractivity contribution in [2.24, 2.45) is 0 Å². The number of anilines is 3. The minimum absolute atomic E-state index is 0.276. The highest BCUT2D eigenvalue weighted by Crippen LogP contribution is 2.39. The molecular formula is C35H44ClN7OS. The maximum atomic E-state index is 6.71. The minimum atomic E-state index is 0.276. The average molecular weight is 646 g/mol. The smallest absolute Gasteiger partial charge is 0.227 e. The summed E-state index contributed by atoms with van der Waals surface area (Å²) in [6.45, 7) is 8.99. The molecule has 0 atom stereocenters. The first kappa shape index (κ1) is 30.7. The number of piperidine rings is 1. The zero-order chi connectivity index (χ0) is 30.8. The van der Waals surface area contributed by atoms with Gasteiger partial charge < -0.3 is 19.9 Å². The lowest BCUT2D eigenvalue weighted by Gasteiger charge is -2.43. The Labute approximate surface area is 276 Å². The Balaban J connectivity index is 1.12. The van der Waals surface area contributed by atoms with E-state index in [0.29, 0.717) is 17.0 Å². The van der Waals surface area contributed by atoms with Crippen molar-refractivity contribution in [1.29, 1.82) is 0 Å². The van der Waals surface area contributed by atoms with Gasteiger partial charge in [0.1, 0.15) is 5.75 Å². The van der Waals surface area contributed by atoms with Crippen LogP contribution in [0.25, 0.3) is 22.2 Å². The summed E-state index contributed by atoms with van der Waals surface area (Å²) in [7, 11) is 2.23. The standard InChI is InChI=1S/C35H44ClN7OS/c1-3-45-43-24-29(28-10-6-7-11-31(28)43)34-30(36)23-37-35(39-34)38-25-12-13-32(33(22-25)44-27-8-4-5-9-27)42-16-14-26(15-17-42)41-20-18-40(2)19-21-41/h6-7,10-13,22-24,26-27H,3-5,8-9,14-21H2,1-2H3,(H,37,38,39). The number of halogens is 1. The first-order chi connectivity index (χ1) is 22.1. The topological polar surface area (TPSA) is 61.7 Å². The number of piperazine rings is 1. The molecule has 0 amide bonds. The van der Waals surface area contributed by atoms with Gasteiger partial charge in [0.25, 0.3) is 0 Å². The second-order valence-electron chi connectivity index (χ2n) is 12.6. The quantitative estimate of drug-likeness (QED) is 0.200. The molecule has 45 heavy (non-hydrogen) atoms. The molecule has 2 aromatic carbocycles. The van der Waals surface area contributed by atoms with Crippen LogP contribution in [0, 0.1) is 0 Å². The van der Waals surface area contributed by atoms with Gasteiger partial charge in [-0.1, -0.05) is 36.7 Å². The van der Waals surface area contributed by atoms with E-state index in [-0.39, 0.29) is 6.10 Å². The zero-order valence-corrected chi connectivity index (χ0v) is 28.0. The van der Waals surface area contributed by atoms with Crippen molar-refractivity contribution in [3.8, 4) is 17.0 Å². The molecule has 8 nitrogen and oxygen atoms in total. The Kier molecular flexibility index (Phi) is 9.40. The van der Waals surface area contributed by atoms with Crippen molar-refractivity contribution in [2.45, 2.75) is 57.6 Å². The fourth-order valence-electron chi connectivity index (χ4n) is 7.12. The van der Waals surface area contributed by atoms with Gasteiger partial charge in [0.05, 0.1) is 34.2 Å². The number of nitrogens with one attached hydrogen (secondary N) is 1. The summed E-state index contributed by atoms with van der Waals surface area (Å²) >= 11 is 8.47. The van der Waals surface area contributed by atoms with Gasteiger partial charge in [-0.05, 0) is 75.7 Å². The number of likely N-dealkylation sites (N-methyl/N-ethyl adjacent to an activating group) is 1. The lowest BCUT2D eigenvalue weighted by atomic mass is 10.0. The molecule has 1 aliphatic carbocycles. The monoisotopic (exact) mass is 645 g/mol. The van der Waals surface area contributed by atoms with Gasteiger partial charge in [-0.15, -0.1) is 0 Å². The van der Waals surface area contributed by atoms with E-state index in [1.807, 2.05) is 0 Å². The summed E-state index contributed by atoms with van der Waals surface area (Å²) in [6, 6.07) is 15.6. The third kappa shape index (κ3) is 6.77. The minimum Gasteiger partial charge on any atom is -0.488 e. The van der Waals surface area contributed by atoms with Gasteiger partial charge in [-0.3, -0.25) is 8.87 Å². The predicted molar refractivity (Wildman–Crippen MR) is 188 cm³/mol. The highest BCUT2D eigenvalue weighted by molar-refractivity contribution is 7.97. The summed E-state index contributed by atoms with van der Waals surface area (Å²) in [5.74, 6) is 2.44. The predicted octanol–water partition coefficient (Wildman–Crippen LogP) is 7.55. The Morgan fingerprint density at radius 1 is 0.978 bits per heavy atom.